The maximum atomic E-state index is 9.71. The van der Waals surface area contributed by atoms with Crippen molar-refractivity contribution >= 4 is 162 Å². The molecule has 17 rings (SSSR count). The van der Waals surface area contributed by atoms with E-state index in [1.54, 1.807) is 0 Å². The smallest absolute Gasteiger partial charge is 0.391 e. The van der Waals surface area contributed by atoms with Gasteiger partial charge < -0.3 is 16.5 Å². The first-order chi connectivity index (χ1) is 43.5. The summed E-state index contributed by atoms with van der Waals surface area (Å²) in [5.41, 5.74) is 0. The molecular weight excluding hydrogens is 1140 g/mol. The van der Waals surface area contributed by atoms with E-state index in [0.717, 1.165) is 128 Å². The van der Waals surface area contributed by atoms with Gasteiger partial charge in [-0.15, -0.1) is 0 Å². The van der Waals surface area contributed by atoms with Crippen LogP contribution in [-0.2, 0) is 16.5 Å². The molecule has 1 fully saturated rings. The molecule has 16 aromatic rings. The lowest BCUT2D eigenvalue weighted by Crippen LogP contribution is -2.88. The minimum absolute atomic E-state index is 0.966. The monoisotopic (exact) mass is 1190 g/mol. The molecule has 1 saturated heterocycles. The van der Waals surface area contributed by atoms with Crippen molar-refractivity contribution in [1.29, 1.82) is 0 Å². The van der Waals surface area contributed by atoms with E-state index in [4.69, 9.17) is 0 Å². The highest BCUT2D eigenvalue weighted by molar-refractivity contribution is 7.18. The van der Waals surface area contributed by atoms with E-state index in [0.29, 0.717) is 0 Å². The first kappa shape index (κ1) is 52.6. The van der Waals surface area contributed by atoms with Crippen molar-refractivity contribution in [2.24, 2.45) is 0 Å². The van der Waals surface area contributed by atoms with Crippen LogP contribution in [0.25, 0.3) is 86.2 Å². The predicted octanol–water partition coefficient (Wildman–Crippen LogP) is 14.3. The molecule has 0 spiro atoms. The molecule has 0 aromatic heterocycles. The highest BCUT2D eigenvalue weighted by Gasteiger charge is 2.69. The fourth-order valence-corrected chi connectivity index (χ4v) is 38.5. The molecule has 1 aliphatic rings. The lowest BCUT2D eigenvalue weighted by Gasteiger charge is -2.54. The Balaban J connectivity index is 1.19. The van der Waals surface area contributed by atoms with Gasteiger partial charge in [-0.1, -0.05) is 340 Å². The topological polar surface area (TPSA) is 36.9 Å². The zero-order valence-electron chi connectivity index (χ0n) is 48.0. The molecule has 4 nitrogen and oxygen atoms in total. The van der Waals surface area contributed by atoms with E-state index >= 15 is 0 Å². The molecule has 16 aromatic carbocycles. The minimum Gasteiger partial charge on any atom is -0.402 e. The molecule has 416 valence electrons. The van der Waals surface area contributed by atoms with Crippen molar-refractivity contribution in [3.63, 3.8) is 0 Å². The molecule has 1 aliphatic heterocycles. The van der Waals surface area contributed by atoms with E-state index in [-0.39, 0.29) is 0 Å². The zero-order valence-corrected chi connectivity index (χ0v) is 52.0. The first-order valence-corrected chi connectivity index (χ1v) is 37.5. The number of hydrogen-bond acceptors (Lipinski definition) is 4. The van der Waals surface area contributed by atoms with E-state index in [9.17, 15) is 16.5 Å². The molecule has 0 radical (unpaired) electrons. The van der Waals surface area contributed by atoms with Crippen molar-refractivity contribution in [3.8, 4) is 0 Å². The zero-order chi connectivity index (χ0) is 58.3. The number of benzene rings is 16. The van der Waals surface area contributed by atoms with Gasteiger partial charge in [-0.2, -0.15) is 0 Å². The Hall–Kier alpha value is -9.69. The lowest BCUT2D eigenvalue weighted by atomic mass is 10.1. The summed E-state index contributed by atoms with van der Waals surface area (Å²) in [6, 6.07) is 124. The van der Waals surface area contributed by atoms with Gasteiger partial charge in [-0.25, -0.2) is 0 Å². The van der Waals surface area contributed by atoms with Crippen molar-refractivity contribution in [2.75, 3.05) is 0 Å². The maximum absolute atomic E-state index is 9.71. The normalized spacial score (nSPS) is 15.5. The van der Waals surface area contributed by atoms with Crippen molar-refractivity contribution < 1.29 is 16.5 Å². The molecule has 0 N–H and O–H groups in total. The molecule has 8 heteroatoms. The number of hydrogen-bond donors (Lipinski definition) is 0. The van der Waals surface area contributed by atoms with Crippen molar-refractivity contribution in [1.82, 2.24) is 0 Å². The Kier molecular flexibility index (Phi) is 12.6. The summed E-state index contributed by atoms with van der Waals surface area (Å²) in [5, 5.41) is 24.6. The fourth-order valence-electron chi connectivity index (χ4n) is 14.5. The second-order valence-corrected chi connectivity index (χ2v) is 35.6. The van der Waals surface area contributed by atoms with Gasteiger partial charge in [0.2, 0.25) is 0 Å². The molecule has 0 bridgehead atoms. The second-order valence-electron chi connectivity index (χ2n) is 23.1. The Morgan fingerprint density at radius 2 is 0.239 bits per heavy atom. The highest BCUT2D eigenvalue weighted by atomic mass is 28.5. The molecule has 0 aliphatic carbocycles. The molecule has 0 unspecified atom stereocenters. The maximum Gasteiger partial charge on any atom is 0.391 e. The van der Waals surface area contributed by atoms with Crippen molar-refractivity contribution in [3.05, 3.63) is 340 Å². The third kappa shape index (κ3) is 8.16. The average Bonchev–Trinajstić information content (AvgIpc) is 0.700. The van der Waals surface area contributed by atoms with Gasteiger partial charge in [0.15, 0.2) is 0 Å². The Labute approximate surface area is 514 Å². The fraction of sp³-hybridized carbons (Fsp3) is 0. The summed E-state index contributed by atoms with van der Waals surface area (Å²) in [7, 11) is -18.7. The van der Waals surface area contributed by atoms with E-state index < -0.39 is 34.2 Å². The third-order valence-corrected chi connectivity index (χ3v) is 36.7. The van der Waals surface area contributed by atoms with Crippen LogP contribution in [0.3, 0.4) is 0 Å². The molecule has 0 atom stereocenters. The summed E-state index contributed by atoms with van der Waals surface area (Å²) in [6.45, 7) is 0. The highest BCUT2D eigenvalue weighted by Crippen LogP contribution is 2.40. The second kappa shape index (κ2) is 21.0. The Morgan fingerprint density at radius 1 is 0.125 bits per heavy atom. The summed E-state index contributed by atoms with van der Waals surface area (Å²) >= 11 is 0. The van der Waals surface area contributed by atoms with Crippen LogP contribution in [0.1, 0.15) is 0 Å². The largest absolute Gasteiger partial charge is 0.402 e. The van der Waals surface area contributed by atoms with Crippen LogP contribution in [0.2, 0.25) is 0 Å². The summed E-state index contributed by atoms with van der Waals surface area (Å²) < 4.78 is 38.8. The van der Waals surface area contributed by atoms with Crippen molar-refractivity contribution in [2.45, 2.75) is 0 Å². The third-order valence-electron chi connectivity index (χ3n) is 18.3. The van der Waals surface area contributed by atoms with Crippen LogP contribution in [0.5, 0.6) is 0 Å². The summed E-state index contributed by atoms with van der Waals surface area (Å²) in [5.74, 6) is 0. The Morgan fingerprint density at radius 3 is 0.375 bits per heavy atom. The van der Waals surface area contributed by atoms with E-state index in [1.807, 2.05) is 0 Å². The molecule has 0 saturated carbocycles. The van der Waals surface area contributed by atoms with Crippen LogP contribution in [0.4, 0.5) is 0 Å². The van der Waals surface area contributed by atoms with Crippen LogP contribution < -0.4 is 41.5 Å². The summed E-state index contributed by atoms with van der Waals surface area (Å²) in [4.78, 5) is 0. The molecule has 1 heterocycles. The van der Waals surface area contributed by atoms with E-state index in [1.165, 1.54) is 0 Å². The van der Waals surface area contributed by atoms with Gasteiger partial charge >= 0.3 is 34.2 Å². The van der Waals surface area contributed by atoms with Crippen LogP contribution in [0, 0.1) is 0 Å². The average molecular weight is 1190 g/mol. The number of fused-ring (bicyclic) bond motifs is 8. The van der Waals surface area contributed by atoms with Gasteiger partial charge in [-0.3, -0.25) is 0 Å². The predicted molar refractivity (Wildman–Crippen MR) is 376 cm³/mol. The van der Waals surface area contributed by atoms with Gasteiger partial charge in [0, 0.05) is 41.5 Å². The number of rotatable bonds is 8. The lowest BCUT2D eigenvalue weighted by molar-refractivity contribution is 0.270. The van der Waals surface area contributed by atoms with Gasteiger partial charge in [0.1, 0.15) is 0 Å². The van der Waals surface area contributed by atoms with Gasteiger partial charge in [-0.05, 0) is 86.2 Å². The molecular formula is C80H56O4Si4. The van der Waals surface area contributed by atoms with Gasteiger partial charge in [0.25, 0.3) is 0 Å². The molecule has 88 heavy (non-hydrogen) atoms. The van der Waals surface area contributed by atoms with E-state index in [2.05, 4.69) is 340 Å². The molecule has 0 amide bonds. The standard InChI is InChI=1S/C80H56O4Si4/c1-9-41-65-57(25-1)33-17-49-73(65)85(74-50-18-34-58-26-2-10-42-66(58)74)81-86(75-51-19-35-59-27-3-11-43-67(59)75,76-52-20-36-60-28-4-12-44-68(60)76)83-88(79-55-23-39-63-31-7-15-47-71(63)79,80-56-24-40-64-32-8-16-48-72(64)80)84-87(82-85,77-53-21-37-61-29-5-13-45-69(61)77)78-54-22-38-62-30-6-14-46-70(62)78/h1-56H. The van der Waals surface area contributed by atoms with Crippen LogP contribution >= 0.6 is 0 Å². The van der Waals surface area contributed by atoms with Crippen LogP contribution in [-0.4, -0.2) is 34.2 Å². The first-order valence-electron chi connectivity index (χ1n) is 30.2. The SMILES string of the molecule is c1ccc2c([Si]3(c4cccc5ccccc45)O[Si](c4cccc5ccccc45)(c4cccc5ccccc45)O[Si](c4cccc5ccccc45)(c4cccc5ccccc45)O[Si](c4cccc5ccccc45)(c4cccc5ccccc45)O3)cccc2c1. The van der Waals surface area contributed by atoms with Gasteiger partial charge in [0.05, 0.1) is 0 Å². The Bertz CT molecular complexity index is 4390. The van der Waals surface area contributed by atoms with Crippen LogP contribution in [0.15, 0.2) is 340 Å². The quantitative estimate of drug-likeness (QED) is 0.142. The minimum atomic E-state index is -4.67. The summed E-state index contributed by atoms with van der Waals surface area (Å²) in [6.07, 6.45) is 0.